The van der Waals surface area contributed by atoms with Gasteiger partial charge in [0.25, 0.3) is 5.69 Å². The Balaban J connectivity index is 1.87. The smallest absolute Gasteiger partial charge is 0.435 e. The van der Waals surface area contributed by atoms with Gasteiger partial charge in [-0.05, 0) is 47.2 Å². The van der Waals surface area contributed by atoms with Crippen molar-refractivity contribution in [2.75, 3.05) is 7.11 Å². The van der Waals surface area contributed by atoms with Gasteiger partial charge in [-0.2, -0.15) is 18.3 Å². The average molecular weight is 413 g/mol. The number of nitro benzene ring substituents is 1. The molecule has 1 aromatic heterocycles. The largest absolute Gasteiger partial charge is 0.497 e. The van der Waals surface area contributed by atoms with Crippen molar-refractivity contribution in [2.24, 2.45) is 0 Å². The first-order valence-electron chi connectivity index (χ1n) is 8.76. The van der Waals surface area contributed by atoms with E-state index < -0.39 is 16.8 Å². The van der Waals surface area contributed by atoms with E-state index in [1.54, 1.807) is 31.4 Å². The van der Waals surface area contributed by atoms with Crippen molar-refractivity contribution in [3.63, 3.8) is 0 Å². The van der Waals surface area contributed by atoms with Gasteiger partial charge in [0.2, 0.25) is 0 Å². The second-order valence-electron chi connectivity index (χ2n) is 6.53. The Hall–Kier alpha value is -3.88. The number of hydrogen-bond acceptors (Lipinski definition) is 4. The lowest BCUT2D eigenvalue weighted by Crippen LogP contribution is -2.07. The zero-order chi connectivity index (χ0) is 21.5. The summed E-state index contributed by atoms with van der Waals surface area (Å²) in [4.78, 5) is 10.3. The normalized spacial score (nSPS) is 11.6. The van der Waals surface area contributed by atoms with Crippen LogP contribution < -0.4 is 4.74 Å². The molecule has 0 saturated carbocycles. The van der Waals surface area contributed by atoms with Gasteiger partial charge in [-0.15, -0.1) is 0 Å². The van der Waals surface area contributed by atoms with Gasteiger partial charge in [0.1, 0.15) is 5.75 Å². The van der Waals surface area contributed by atoms with Crippen molar-refractivity contribution in [2.45, 2.75) is 6.18 Å². The molecule has 0 radical (unpaired) electrons. The van der Waals surface area contributed by atoms with E-state index >= 15 is 0 Å². The lowest BCUT2D eigenvalue weighted by atomic mass is 10.0. The third-order valence-electron chi connectivity index (χ3n) is 4.65. The highest BCUT2D eigenvalue weighted by Crippen LogP contribution is 2.34. The number of alkyl halides is 3. The minimum absolute atomic E-state index is 0.164. The summed E-state index contributed by atoms with van der Waals surface area (Å²) >= 11 is 0. The van der Waals surface area contributed by atoms with Crippen LogP contribution in [-0.2, 0) is 6.18 Å². The molecule has 0 bridgehead atoms. The van der Waals surface area contributed by atoms with Crippen LogP contribution >= 0.6 is 0 Å². The molecule has 0 saturated heterocycles. The van der Waals surface area contributed by atoms with E-state index in [0.717, 1.165) is 21.5 Å². The van der Waals surface area contributed by atoms with E-state index in [1.807, 2.05) is 12.1 Å². The van der Waals surface area contributed by atoms with E-state index in [2.05, 4.69) is 5.10 Å². The molecule has 0 aliphatic carbocycles. The first-order chi connectivity index (χ1) is 14.3. The van der Waals surface area contributed by atoms with Gasteiger partial charge in [0.15, 0.2) is 5.69 Å². The van der Waals surface area contributed by atoms with Crippen molar-refractivity contribution >= 4 is 16.5 Å². The number of non-ortho nitro benzene ring substituents is 1. The molecule has 0 atom stereocenters. The molecule has 4 rings (SSSR count). The fourth-order valence-corrected chi connectivity index (χ4v) is 3.15. The van der Waals surface area contributed by atoms with Gasteiger partial charge in [-0.25, -0.2) is 4.68 Å². The number of rotatable bonds is 4. The van der Waals surface area contributed by atoms with Gasteiger partial charge in [0, 0.05) is 17.7 Å². The minimum atomic E-state index is -4.63. The quantitative estimate of drug-likeness (QED) is 0.321. The molecule has 0 aliphatic heterocycles. The highest BCUT2D eigenvalue weighted by Gasteiger charge is 2.35. The third-order valence-corrected chi connectivity index (χ3v) is 4.65. The molecule has 6 nitrogen and oxygen atoms in total. The van der Waals surface area contributed by atoms with Crippen LogP contribution in [0.5, 0.6) is 5.75 Å². The molecule has 0 spiro atoms. The van der Waals surface area contributed by atoms with Crippen LogP contribution in [0.25, 0.3) is 27.7 Å². The topological polar surface area (TPSA) is 70.2 Å². The van der Waals surface area contributed by atoms with Crippen LogP contribution in [0.4, 0.5) is 18.9 Å². The molecule has 152 valence electrons. The maximum atomic E-state index is 13.3. The molecule has 0 fully saturated rings. The number of fused-ring (bicyclic) bond motifs is 1. The van der Waals surface area contributed by atoms with Crippen molar-refractivity contribution in [1.29, 1.82) is 0 Å². The molecule has 9 heteroatoms. The summed E-state index contributed by atoms with van der Waals surface area (Å²) in [5.41, 5.74) is -0.197. The zero-order valence-corrected chi connectivity index (χ0v) is 15.6. The summed E-state index contributed by atoms with van der Waals surface area (Å²) in [6, 6.07) is 16.8. The maximum Gasteiger partial charge on any atom is 0.435 e. The van der Waals surface area contributed by atoms with Gasteiger partial charge >= 0.3 is 6.18 Å². The van der Waals surface area contributed by atoms with Gasteiger partial charge < -0.3 is 4.74 Å². The van der Waals surface area contributed by atoms with Gasteiger partial charge in [-0.3, -0.25) is 10.1 Å². The number of nitrogens with zero attached hydrogens (tertiary/aromatic N) is 3. The van der Waals surface area contributed by atoms with Crippen LogP contribution in [0.3, 0.4) is 0 Å². The second kappa shape index (κ2) is 7.18. The van der Waals surface area contributed by atoms with E-state index in [1.165, 1.54) is 24.3 Å². The van der Waals surface area contributed by atoms with Crippen LogP contribution in [0.2, 0.25) is 0 Å². The molecular formula is C21H14F3N3O3. The predicted molar refractivity (Wildman–Crippen MR) is 105 cm³/mol. The molecule has 0 amide bonds. The van der Waals surface area contributed by atoms with Crippen LogP contribution in [-0.4, -0.2) is 21.8 Å². The Labute approximate surface area is 168 Å². The summed E-state index contributed by atoms with van der Waals surface area (Å²) < 4.78 is 46.4. The first-order valence-corrected chi connectivity index (χ1v) is 8.76. The van der Waals surface area contributed by atoms with Crippen LogP contribution in [0.1, 0.15) is 5.69 Å². The standard InChI is InChI=1S/C21H14F3N3O3/c1-30-18-9-4-13-10-15(3-2-14(13)11-18)19-12-20(21(22,23)24)25-26(19)16-5-7-17(8-6-16)27(28)29/h2-12H,1H3. The molecule has 0 aliphatic rings. The molecule has 1 heterocycles. The Kier molecular flexibility index (Phi) is 4.65. The second-order valence-corrected chi connectivity index (χ2v) is 6.53. The number of aromatic nitrogens is 2. The molecule has 30 heavy (non-hydrogen) atoms. The summed E-state index contributed by atoms with van der Waals surface area (Å²) in [5.74, 6) is 0.672. The van der Waals surface area contributed by atoms with E-state index in [4.69, 9.17) is 4.74 Å². The molecule has 3 aromatic carbocycles. The minimum Gasteiger partial charge on any atom is -0.497 e. The van der Waals surface area contributed by atoms with E-state index in [9.17, 15) is 23.3 Å². The van der Waals surface area contributed by atoms with E-state index in [-0.39, 0.29) is 17.1 Å². The van der Waals surface area contributed by atoms with Crippen molar-refractivity contribution in [3.05, 3.63) is 82.5 Å². The fourth-order valence-electron chi connectivity index (χ4n) is 3.15. The van der Waals surface area contributed by atoms with Crippen molar-refractivity contribution in [3.8, 4) is 22.7 Å². The molecule has 4 aromatic rings. The zero-order valence-electron chi connectivity index (χ0n) is 15.6. The monoisotopic (exact) mass is 413 g/mol. The SMILES string of the molecule is COc1ccc2cc(-c3cc(C(F)(F)F)nn3-c3ccc([N+](=O)[O-])cc3)ccc2c1. The number of halogens is 3. The summed E-state index contributed by atoms with van der Waals surface area (Å²) in [6.07, 6.45) is -4.63. The Bertz CT molecular complexity index is 1250. The fraction of sp³-hybridized carbons (Fsp3) is 0.0952. The third kappa shape index (κ3) is 3.57. The van der Waals surface area contributed by atoms with Crippen LogP contribution in [0, 0.1) is 10.1 Å². The van der Waals surface area contributed by atoms with Gasteiger partial charge in [0.05, 0.1) is 23.4 Å². The van der Waals surface area contributed by atoms with Crippen LogP contribution in [0.15, 0.2) is 66.7 Å². The Morgan fingerprint density at radius 1 is 0.967 bits per heavy atom. The van der Waals surface area contributed by atoms with Crippen molar-refractivity contribution in [1.82, 2.24) is 9.78 Å². The number of nitro groups is 1. The molecular weight excluding hydrogens is 399 g/mol. The highest BCUT2D eigenvalue weighted by atomic mass is 19.4. The number of ether oxygens (including phenoxy) is 1. The van der Waals surface area contributed by atoms with Gasteiger partial charge in [-0.1, -0.05) is 18.2 Å². The number of methoxy groups -OCH3 is 1. The number of benzene rings is 3. The Morgan fingerprint density at radius 3 is 2.27 bits per heavy atom. The maximum absolute atomic E-state index is 13.3. The molecule has 0 unspecified atom stereocenters. The lowest BCUT2D eigenvalue weighted by molar-refractivity contribution is -0.384. The molecule has 0 N–H and O–H groups in total. The summed E-state index contributed by atoms with van der Waals surface area (Å²) in [6.45, 7) is 0. The lowest BCUT2D eigenvalue weighted by Gasteiger charge is -2.09. The first kappa shape index (κ1) is 19.4. The summed E-state index contributed by atoms with van der Waals surface area (Å²) in [7, 11) is 1.55. The number of hydrogen-bond donors (Lipinski definition) is 0. The van der Waals surface area contributed by atoms with Crippen molar-refractivity contribution < 1.29 is 22.8 Å². The van der Waals surface area contributed by atoms with E-state index in [0.29, 0.717) is 11.3 Å². The predicted octanol–water partition coefficient (Wildman–Crippen LogP) is 5.63. The average Bonchev–Trinajstić information content (AvgIpc) is 3.19. The summed E-state index contributed by atoms with van der Waals surface area (Å²) in [5, 5.41) is 16.3. The highest BCUT2D eigenvalue weighted by molar-refractivity contribution is 5.88. The Morgan fingerprint density at radius 2 is 1.63 bits per heavy atom.